The molecule has 0 aliphatic rings. The van der Waals surface area contributed by atoms with Crippen molar-refractivity contribution in [1.82, 2.24) is 4.90 Å². The molecule has 1 rings (SSSR count). The van der Waals surface area contributed by atoms with Crippen molar-refractivity contribution >= 4 is 0 Å². The van der Waals surface area contributed by atoms with Gasteiger partial charge in [0.05, 0.1) is 24.3 Å². The van der Waals surface area contributed by atoms with Crippen LogP contribution in [0.5, 0.6) is 5.75 Å². The van der Waals surface area contributed by atoms with E-state index in [1.807, 2.05) is 25.8 Å². The van der Waals surface area contributed by atoms with E-state index in [0.29, 0.717) is 24.5 Å². The van der Waals surface area contributed by atoms with Crippen LogP contribution in [0.4, 0.5) is 0 Å². The average Bonchev–Trinajstić information content (AvgIpc) is 2.45. The van der Waals surface area contributed by atoms with Crippen LogP contribution in [0, 0.1) is 11.3 Å². The minimum absolute atomic E-state index is 0.199. The van der Waals surface area contributed by atoms with Crippen molar-refractivity contribution in [3.05, 3.63) is 29.8 Å². The normalized spacial score (nSPS) is 12.4. The van der Waals surface area contributed by atoms with Crippen LogP contribution >= 0.6 is 0 Å². The van der Waals surface area contributed by atoms with Gasteiger partial charge in [-0.1, -0.05) is 6.07 Å². The van der Waals surface area contributed by atoms with Crippen LogP contribution in [0.15, 0.2) is 24.3 Å². The Kier molecular flexibility index (Phi) is 7.76. The Balaban J connectivity index is 2.26. The molecule has 0 aliphatic heterocycles. The molecule has 0 bridgehead atoms. The Morgan fingerprint density at radius 3 is 2.81 bits per heavy atom. The second-order valence-corrected chi connectivity index (χ2v) is 5.29. The van der Waals surface area contributed by atoms with Crippen LogP contribution in [0.1, 0.15) is 19.4 Å². The van der Waals surface area contributed by atoms with Crippen LogP contribution in [0.2, 0.25) is 0 Å². The summed E-state index contributed by atoms with van der Waals surface area (Å²) in [7, 11) is 1.93. The third-order valence-corrected chi connectivity index (χ3v) is 2.85. The number of hydrogen-bond acceptors (Lipinski definition) is 5. The summed E-state index contributed by atoms with van der Waals surface area (Å²) in [4.78, 5) is 2.00. The summed E-state index contributed by atoms with van der Waals surface area (Å²) in [6, 6.07) is 8.96. The van der Waals surface area contributed by atoms with Crippen LogP contribution in [-0.2, 0) is 4.74 Å². The van der Waals surface area contributed by atoms with Gasteiger partial charge in [0.15, 0.2) is 0 Å². The Labute approximate surface area is 126 Å². The molecular formula is C16H24N2O3. The van der Waals surface area contributed by atoms with Crippen molar-refractivity contribution in [2.45, 2.75) is 26.1 Å². The van der Waals surface area contributed by atoms with Gasteiger partial charge in [-0.25, -0.2) is 0 Å². The quantitative estimate of drug-likeness (QED) is 0.750. The van der Waals surface area contributed by atoms with E-state index in [4.69, 9.17) is 14.7 Å². The Morgan fingerprint density at radius 2 is 2.14 bits per heavy atom. The van der Waals surface area contributed by atoms with Crippen molar-refractivity contribution in [3.63, 3.8) is 0 Å². The highest BCUT2D eigenvalue weighted by atomic mass is 16.5. The van der Waals surface area contributed by atoms with Crippen LogP contribution in [0.3, 0.4) is 0 Å². The summed E-state index contributed by atoms with van der Waals surface area (Å²) in [5.74, 6) is 0.596. The molecule has 1 aromatic rings. The predicted molar refractivity (Wildman–Crippen MR) is 81.2 cm³/mol. The lowest BCUT2D eigenvalue weighted by Gasteiger charge is -2.21. The van der Waals surface area contributed by atoms with Crippen molar-refractivity contribution in [2.24, 2.45) is 0 Å². The lowest BCUT2D eigenvalue weighted by atomic mass is 10.2. The van der Waals surface area contributed by atoms with E-state index in [2.05, 4.69) is 6.07 Å². The minimum atomic E-state index is -0.584. The average molecular weight is 292 g/mol. The van der Waals surface area contributed by atoms with E-state index in [0.717, 1.165) is 6.54 Å². The summed E-state index contributed by atoms with van der Waals surface area (Å²) < 4.78 is 11.0. The smallest absolute Gasteiger partial charge is 0.120 e. The highest BCUT2D eigenvalue weighted by Crippen LogP contribution is 2.12. The largest absolute Gasteiger partial charge is 0.491 e. The highest BCUT2D eigenvalue weighted by molar-refractivity contribution is 5.36. The number of nitriles is 1. The maximum atomic E-state index is 9.94. The third kappa shape index (κ3) is 7.66. The summed E-state index contributed by atoms with van der Waals surface area (Å²) in [5.41, 5.74) is 0.546. The second-order valence-electron chi connectivity index (χ2n) is 5.29. The first-order chi connectivity index (χ1) is 10.0. The van der Waals surface area contributed by atoms with Crippen LogP contribution in [-0.4, -0.2) is 55.6 Å². The maximum Gasteiger partial charge on any atom is 0.120 e. The minimum Gasteiger partial charge on any atom is -0.491 e. The number of aliphatic hydroxyl groups is 1. The number of ether oxygens (including phenoxy) is 2. The van der Waals surface area contributed by atoms with E-state index in [1.165, 1.54) is 0 Å². The van der Waals surface area contributed by atoms with Crippen LogP contribution in [0.25, 0.3) is 0 Å². The number of hydrogen-bond donors (Lipinski definition) is 1. The molecule has 0 aromatic heterocycles. The fraction of sp³-hybridized carbons (Fsp3) is 0.562. The van der Waals surface area contributed by atoms with E-state index < -0.39 is 6.10 Å². The molecule has 116 valence electrons. The highest BCUT2D eigenvalue weighted by Gasteiger charge is 2.09. The fourth-order valence-corrected chi connectivity index (χ4v) is 1.80. The predicted octanol–water partition coefficient (Wildman–Crippen LogP) is 1.65. The first kappa shape index (κ1) is 17.4. The van der Waals surface area contributed by atoms with Gasteiger partial charge in [-0.3, -0.25) is 0 Å². The summed E-state index contributed by atoms with van der Waals surface area (Å²) in [5, 5.41) is 18.7. The Bertz CT molecular complexity index is 457. The zero-order valence-corrected chi connectivity index (χ0v) is 13.0. The molecule has 0 amide bonds. The molecule has 1 aromatic carbocycles. The molecule has 0 radical (unpaired) electrons. The second kappa shape index (κ2) is 9.35. The van der Waals surface area contributed by atoms with Gasteiger partial charge >= 0.3 is 0 Å². The molecule has 0 aliphatic carbocycles. The Hall–Kier alpha value is -1.61. The van der Waals surface area contributed by atoms with Crippen molar-refractivity contribution < 1.29 is 14.6 Å². The van der Waals surface area contributed by atoms with Crippen molar-refractivity contribution in [2.75, 3.05) is 33.4 Å². The van der Waals surface area contributed by atoms with E-state index in [-0.39, 0.29) is 12.7 Å². The zero-order valence-electron chi connectivity index (χ0n) is 13.0. The number of benzene rings is 1. The number of nitrogens with zero attached hydrogens (tertiary/aromatic N) is 2. The van der Waals surface area contributed by atoms with Gasteiger partial charge in [0, 0.05) is 13.1 Å². The van der Waals surface area contributed by atoms with E-state index in [1.54, 1.807) is 24.3 Å². The standard InChI is InChI=1S/C16H24N2O3/c1-13(2)20-8-7-18(3)11-15(19)12-21-16-6-4-5-14(9-16)10-17/h4-6,9,13,15,19H,7-8,11-12H2,1-3H3. The van der Waals surface area contributed by atoms with Gasteiger partial charge in [0.2, 0.25) is 0 Å². The molecule has 0 saturated heterocycles. The maximum absolute atomic E-state index is 9.94. The number of likely N-dealkylation sites (N-methyl/N-ethyl adjacent to an activating group) is 1. The monoisotopic (exact) mass is 292 g/mol. The molecule has 1 atom stereocenters. The topological polar surface area (TPSA) is 65.7 Å². The molecule has 0 heterocycles. The summed E-state index contributed by atoms with van der Waals surface area (Å²) in [6.07, 6.45) is -0.362. The first-order valence-corrected chi connectivity index (χ1v) is 7.12. The molecule has 0 fully saturated rings. The lowest BCUT2D eigenvalue weighted by molar-refractivity contribution is 0.0414. The summed E-state index contributed by atoms with van der Waals surface area (Å²) in [6.45, 7) is 6.12. The first-order valence-electron chi connectivity index (χ1n) is 7.12. The number of aliphatic hydroxyl groups excluding tert-OH is 1. The van der Waals surface area contributed by atoms with Crippen molar-refractivity contribution in [1.29, 1.82) is 5.26 Å². The van der Waals surface area contributed by atoms with Gasteiger partial charge in [-0.05, 0) is 39.1 Å². The van der Waals surface area contributed by atoms with Gasteiger partial charge in [-0.2, -0.15) is 5.26 Å². The molecule has 0 spiro atoms. The molecule has 21 heavy (non-hydrogen) atoms. The third-order valence-electron chi connectivity index (χ3n) is 2.85. The zero-order chi connectivity index (χ0) is 15.7. The number of rotatable bonds is 9. The molecule has 1 unspecified atom stereocenters. The molecule has 0 saturated carbocycles. The Morgan fingerprint density at radius 1 is 1.38 bits per heavy atom. The van der Waals surface area contributed by atoms with Crippen LogP contribution < -0.4 is 4.74 Å². The van der Waals surface area contributed by atoms with Gasteiger partial charge in [-0.15, -0.1) is 0 Å². The van der Waals surface area contributed by atoms with Gasteiger partial charge in [0.1, 0.15) is 18.5 Å². The van der Waals surface area contributed by atoms with E-state index in [9.17, 15) is 5.11 Å². The molecule has 5 nitrogen and oxygen atoms in total. The lowest BCUT2D eigenvalue weighted by Crippen LogP contribution is -2.35. The fourth-order valence-electron chi connectivity index (χ4n) is 1.80. The van der Waals surface area contributed by atoms with Gasteiger partial charge in [0.25, 0.3) is 0 Å². The van der Waals surface area contributed by atoms with E-state index >= 15 is 0 Å². The molecule has 1 N–H and O–H groups in total. The SMILES string of the molecule is CC(C)OCCN(C)CC(O)COc1cccc(C#N)c1. The van der Waals surface area contributed by atoms with Gasteiger partial charge < -0.3 is 19.5 Å². The summed E-state index contributed by atoms with van der Waals surface area (Å²) >= 11 is 0. The molecule has 5 heteroatoms. The van der Waals surface area contributed by atoms with Crippen molar-refractivity contribution in [3.8, 4) is 11.8 Å². The molecular weight excluding hydrogens is 268 g/mol.